The van der Waals surface area contributed by atoms with Crippen LogP contribution in [0.3, 0.4) is 0 Å². The highest BCUT2D eigenvalue weighted by Crippen LogP contribution is 2.51. The lowest BCUT2D eigenvalue weighted by Crippen LogP contribution is -2.47. The first-order valence-electron chi connectivity index (χ1n) is 12.3. The van der Waals surface area contributed by atoms with Crippen molar-refractivity contribution in [3.63, 3.8) is 0 Å². The second kappa shape index (κ2) is 7.59. The van der Waals surface area contributed by atoms with Gasteiger partial charge in [0, 0.05) is 54.3 Å². The van der Waals surface area contributed by atoms with E-state index in [1.54, 1.807) is 0 Å². The van der Waals surface area contributed by atoms with E-state index in [1.807, 2.05) is 31.2 Å². The molecule has 4 aliphatic rings. The van der Waals surface area contributed by atoms with Gasteiger partial charge in [-0.3, -0.25) is 9.69 Å². The van der Waals surface area contributed by atoms with Gasteiger partial charge in [-0.15, -0.1) is 5.92 Å². The van der Waals surface area contributed by atoms with Gasteiger partial charge < -0.3 is 4.90 Å². The fraction of sp³-hybridized carbons (Fsp3) is 0.400. The van der Waals surface area contributed by atoms with Gasteiger partial charge in [-0.2, -0.15) is 5.26 Å². The summed E-state index contributed by atoms with van der Waals surface area (Å²) < 4.78 is 0. The number of benzene rings is 2. The summed E-state index contributed by atoms with van der Waals surface area (Å²) >= 11 is 0. The summed E-state index contributed by atoms with van der Waals surface area (Å²) in [7, 11) is 0. The van der Waals surface area contributed by atoms with Crippen LogP contribution in [0, 0.1) is 23.2 Å². The third-order valence-electron chi connectivity index (χ3n) is 8.19. The predicted octanol–water partition coefficient (Wildman–Crippen LogP) is 4.70. The van der Waals surface area contributed by atoms with Crippen molar-refractivity contribution in [2.24, 2.45) is 0 Å². The molecule has 1 saturated carbocycles. The van der Waals surface area contributed by atoms with Gasteiger partial charge in [0.25, 0.3) is 0 Å². The van der Waals surface area contributed by atoms with Crippen molar-refractivity contribution in [3.05, 3.63) is 69.3 Å². The average Bonchev–Trinajstić information content (AvgIpc) is 3.62. The molecule has 4 nitrogen and oxygen atoms in total. The SMILES string of the molecule is CC#Cc1cc2c(cc1N1CCN(C3CC3)CC1)C(C)(C)C1=C(C2=O)c2ccc(C#N)cc2C1. The number of Topliss-reactive ketones (excluding diaryl/α,β-unsaturated/α-hetero) is 1. The molecule has 34 heavy (non-hydrogen) atoms. The van der Waals surface area contributed by atoms with Crippen LogP contribution in [0.4, 0.5) is 5.69 Å². The molecule has 0 atom stereocenters. The number of carbonyl (C=O) groups is 1. The minimum Gasteiger partial charge on any atom is -0.368 e. The fourth-order valence-corrected chi connectivity index (χ4v) is 6.14. The molecule has 3 aliphatic carbocycles. The van der Waals surface area contributed by atoms with Crippen LogP contribution in [0.25, 0.3) is 5.57 Å². The van der Waals surface area contributed by atoms with Crippen LogP contribution in [0.15, 0.2) is 35.9 Å². The van der Waals surface area contributed by atoms with Crippen LogP contribution < -0.4 is 4.90 Å². The third kappa shape index (κ3) is 3.13. The summed E-state index contributed by atoms with van der Waals surface area (Å²) in [4.78, 5) is 19.0. The number of nitriles is 1. The van der Waals surface area contributed by atoms with Crippen molar-refractivity contribution in [3.8, 4) is 17.9 Å². The van der Waals surface area contributed by atoms with Crippen molar-refractivity contribution in [1.82, 2.24) is 4.90 Å². The highest BCUT2D eigenvalue weighted by atomic mass is 16.1. The number of piperazine rings is 1. The van der Waals surface area contributed by atoms with E-state index in [0.29, 0.717) is 5.56 Å². The Morgan fingerprint density at radius 2 is 1.79 bits per heavy atom. The quantitative estimate of drug-likeness (QED) is 0.626. The average molecular weight is 448 g/mol. The Bertz CT molecular complexity index is 1370. The second-order valence-corrected chi connectivity index (χ2v) is 10.5. The van der Waals surface area contributed by atoms with Gasteiger partial charge in [0.15, 0.2) is 5.78 Å². The van der Waals surface area contributed by atoms with Crippen molar-refractivity contribution >= 4 is 17.0 Å². The molecule has 0 amide bonds. The first kappa shape index (κ1) is 21.2. The maximum absolute atomic E-state index is 13.9. The largest absolute Gasteiger partial charge is 0.368 e. The zero-order valence-corrected chi connectivity index (χ0v) is 20.2. The van der Waals surface area contributed by atoms with Gasteiger partial charge in [-0.1, -0.05) is 25.8 Å². The Kier molecular flexibility index (Phi) is 4.73. The van der Waals surface area contributed by atoms with Gasteiger partial charge >= 0.3 is 0 Å². The predicted molar refractivity (Wildman–Crippen MR) is 135 cm³/mol. The minimum absolute atomic E-state index is 0.0945. The van der Waals surface area contributed by atoms with Gasteiger partial charge in [-0.05, 0) is 72.7 Å². The number of nitrogens with zero attached hydrogens (tertiary/aromatic N) is 3. The van der Waals surface area contributed by atoms with Crippen LogP contribution in [0.2, 0.25) is 0 Å². The lowest BCUT2D eigenvalue weighted by atomic mass is 9.68. The normalized spacial score (nSPS) is 20.8. The Morgan fingerprint density at radius 1 is 1.03 bits per heavy atom. The summed E-state index contributed by atoms with van der Waals surface area (Å²) in [6.07, 6.45) is 3.42. The zero-order chi connectivity index (χ0) is 23.6. The van der Waals surface area contributed by atoms with Gasteiger partial charge in [0.1, 0.15) is 0 Å². The highest BCUT2D eigenvalue weighted by Gasteiger charge is 2.43. The topological polar surface area (TPSA) is 47.3 Å². The summed E-state index contributed by atoms with van der Waals surface area (Å²) in [5.41, 5.74) is 8.45. The maximum Gasteiger partial charge on any atom is 0.193 e. The smallest absolute Gasteiger partial charge is 0.193 e. The first-order valence-corrected chi connectivity index (χ1v) is 12.3. The van der Waals surface area contributed by atoms with E-state index in [4.69, 9.17) is 0 Å². The first-order chi connectivity index (χ1) is 16.4. The Balaban J connectivity index is 1.43. The Labute approximate surface area is 201 Å². The molecule has 0 spiro atoms. The van der Waals surface area contributed by atoms with Crippen LogP contribution in [-0.4, -0.2) is 42.9 Å². The van der Waals surface area contributed by atoms with E-state index >= 15 is 0 Å². The van der Waals surface area contributed by atoms with E-state index in [9.17, 15) is 10.1 Å². The van der Waals surface area contributed by atoms with E-state index in [-0.39, 0.29) is 11.2 Å². The maximum atomic E-state index is 13.9. The molecule has 0 radical (unpaired) electrons. The number of hydrogen-bond donors (Lipinski definition) is 0. The molecule has 2 aromatic rings. The van der Waals surface area contributed by atoms with Crippen LogP contribution in [-0.2, 0) is 11.8 Å². The van der Waals surface area contributed by atoms with Gasteiger partial charge in [-0.25, -0.2) is 0 Å². The van der Waals surface area contributed by atoms with Crippen molar-refractivity contribution in [2.75, 3.05) is 31.1 Å². The standard InChI is InChI=1S/C30H29N3O/c1-4-5-20-15-24-25(17-27(20)33-12-10-32(11-13-33)22-7-8-22)30(2,3)26-16-21-14-19(18-31)6-9-23(21)28(26)29(24)34/h6,9,14-15,17,22H,7-8,10-13,16H2,1-3H3. The molecule has 4 heteroatoms. The summed E-state index contributed by atoms with van der Waals surface area (Å²) in [5.74, 6) is 6.47. The number of hydrogen-bond acceptors (Lipinski definition) is 4. The lowest BCUT2D eigenvalue weighted by Gasteiger charge is -2.39. The third-order valence-corrected chi connectivity index (χ3v) is 8.19. The van der Waals surface area contributed by atoms with E-state index in [1.165, 1.54) is 18.4 Å². The second-order valence-electron chi connectivity index (χ2n) is 10.5. The number of carbonyl (C=O) groups excluding carboxylic acids is 1. The van der Waals surface area contributed by atoms with E-state index in [0.717, 1.165) is 77.7 Å². The summed E-state index contributed by atoms with van der Waals surface area (Å²) in [5, 5.41) is 9.36. The van der Waals surface area contributed by atoms with Crippen molar-refractivity contribution < 1.29 is 4.79 Å². The van der Waals surface area contributed by atoms with Crippen LogP contribution in [0.5, 0.6) is 0 Å². The molecule has 0 N–H and O–H groups in total. The van der Waals surface area contributed by atoms with Crippen LogP contribution >= 0.6 is 0 Å². The lowest BCUT2D eigenvalue weighted by molar-refractivity contribution is 0.105. The number of rotatable bonds is 2. The minimum atomic E-state index is -0.271. The van der Waals surface area contributed by atoms with E-state index in [2.05, 4.69) is 47.6 Å². The highest BCUT2D eigenvalue weighted by molar-refractivity contribution is 6.33. The number of ketones is 1. The molecule has 2 fully saturated rings. The van der Waals surface area contributed by atoms with Crippen molar-refractivity contribution in [2.45, 2.75) is 51.5 Å². The number of fused-ring (bicyclic) bond motifs is 3. The molecule has 0 bridgehead atoms. The Hall–Kier alpha value is -3.34. The van der Waals surface area contributed by atoms with Gasteiger partial charge in [0.05, 0.1) is 17.3 Å². The summed E-state index contributed by atoms with van der Waals surface area (Å²) in [6, 6.07) is 13.1. The monoisotopic (exact) mass is 447 g/mol. The molecule has 1 aliphatic heterocycles. The molecule has 0 aromatic heterocycles. The fourth-order valence-electron chi connectivity index (χ4n) is 6.14. The zero-order valence-electron chi connectivity index (χ0n) is 20.2. The van der Waals surface area contributed by atoms with E-state index < -0.39 is 0 Å². The molecule has 0 unspecified atom stereocenters. The molecule has 1 heterocycles. The Morgan fingerprint density at radius 3 is 2.47 bits per heavy atom. The molecular weight excluding hydrogens is 418 g/mol. The molecular formula is C30H29N3O. The number of anilines is 1. The molecule has 2 aromatic carbocycles. The van der Waals surface area contributed by atoms with Crippen LogP contribution in [0.1, 0.15) is 71.8 Å². The van der Waals surface area contributed by atoms with Gasteiger partial charge in [0.2, 0.25) is 0 Å². The summed E-state index contributed by atoms with van der Waals surface area (Å²) in [6.45, 7) is 10.5. The molecule has 170 valence electrons. The molecule has 6 rings (SSSR count). The molecule has 1 saturated heterocycles. The number of allylic oxidation sites excluding steroid dienone is 2. The van der Waals surface area contributed by atoms with Crippen molar-refractivity contribution in [1.29, 1.82) is 5.26 Å².